The smallest absolute Gasteiger partial charge is 0.00179 e. The molecular formula is C17H22. The molecule has 1 aromatic rings. The molecule has 0 N–H and O–H groups in total. The molecule has 0 aliphatic heterocycles. The van der Waals surface area contributed by atoms with Crippen LogP contribution >= 0.6 is 0 Å². The molecule has 2 atom stereocenters. The topological polar surface area (TPSA) is 0 Å². The molecule has 0 heteroatoms. The second kappa shape index (κ2) is 4.52. The van der Waals surface area contributed by atoms with Crippen LogP contribution in [0.25, 0.3) is 6.08 Å². The van der Waals surface area contributed by atoms with Crippen molar-refractivity contribution in [2.45, 2.75) is 33.1 Å². The predicted molar refractivity (Wildman–Crippen MR) is 75.7 cm³/mol. The number of allylic oxidation sites excluding steroid dienone is 2. The van der Waals surface area contributed by atoms with Gasteiger partial charge in [-0.25, -0.2) is 0 Å². The summed E-state index contributed by atoms with van der Waals surface area (Å²) in [4.78, 5) is 0. The van der Waals surface area contributed by atoms with Crippen LogP contribution in [0.5, 0.6) is 0 Å². The normalized spacial score (nSPS) is 31.6. The van der Waals surface area contributed by atoms with Gasteiger partial charge in [-0.1, -0.05) is 62.4 Å². The zero-order valence-electron chi connectivity index (χ0n) is 10.9. The number of benzene rings is 1. The minimum Gasteiger partial charge on any atom is -0.102 e. The third kappa shape index (κ3) is 1.97. The average Bonchev–Trinajstić information content (AvgIpc) is 3.07. The van der Waals surface area contributed by atoms with Crippen LogP contribution in [0, 0.1) is 10.8 Å². The lowest BCUT2D eigenvalue weighted by molar-refractivity contribution is 0.451. The molecule has 0 radical (unpaired) electrons. The van der Waals surface area contributed by atoms with Crippen LogP contribution in [-0.2, 0) is 0 Å². The van der Waals surface area contributed by atoms with Gasteiger partial charge in [0, 0.05) is 0 Å². The van der Waals surface area contributed by atoms with Crippen LogP contribution in [-0.4, -0.2) is 0 Å². The first kappa shape index (κ1) is 12.2. The van der Waals surface area contributed by atoms with Crippen LogP contribution in [0.1, 0.15) is 38.7 Å². The van der Waals surface area contributed by atoms with Gasteiger partial charge in [0.1, 0.15) is 0 Å². The summed E-state index contributed by atoms with van der Waals surface area (Å²) in [6, 6.07) is 10.6. The summed E-state index contributed by atoms with van der Waals surface area (Å²) in [6.07, 6.45) is 10.5. The highest BCUT2D eigenvalue weighted by Gasteiger charge is 2.61. The molecule has 90 valence electrons. The van der Waals surface area contributed by atoms with Gasteiger partial charge in [-0.2, -0.15) is 0 Å². The second-order valence-corrected chi connectivity index (χ2v) is 5.14. The van der Waals surface area contributed by atoms with Gasteiger partial charge in [0.2, 0.25) is 0 Å². The average molecular weight is 226 g/mol. The van der Waals surface area contributed by atoms with Crippen LogP contribution in [0.3, 0.4) is 0 Å². The summed E-state index contributed by atoms with van der Waals surface area (Å²) in [6.45, 7) is 8.59. The Morgan fingerprint density at radius 3 is 2.24 bits per heavy atom. The van der Waals surface area contributed by atoms with Crippen molar-refractivity contribution in [2.24, 2.45) is 10.8 Å². The maximum atomic E-state index is 4.03. The lowest BCUT2D eigenvalue weighted by Gasteiger charge is -2.17. The Labute approximate surface area is 105 Å². The Morgan fingerprint density at radius 2 is 1.76 bits per heavy atom. The van der Waals surface area contributed by atoms with Crippen molar-refractivity contribution in [3.63, 3.8) is 0 Å². The standard InChI is InChI=1S/C17H22/c1-4-16(5-2)14-17(16,6-3)13-12-15-10-8-7-9-11-15/h4,7-13H,1,5-6,14H2,2-3H3/b13-12+/t16-,17+/m1/s1. The third-order valence-corrected chi connectivity index (χ3v) is 4.54. The number of hydrogen-bond donors (Lipinski definition) is 0. The van der Waals surface area contributed by atoms with E-state index in [0.717, 1.165) is 0 Å². The quantitative estimate of drug-likeness (QED) is 0.614. The SMILES string of the molecule is C=C[C@@]1(CC)C[C@@]1(/C=C/c1ccccc1)CC. The molecular weight excluding hydrogens is 204 g/mol. The molecule has 1 aromatic carbocycles. The minimum absolute atomic E-state index is 0.354. The van der Waals surface area contributed by atoms with Crippen molar-refractivity contribution >= 4 is 6.08 Å². The van der Waals surface area contributed by atoms with Crippen molar-refractivity contribution in [3.05, 3.63) is 54.6 Å². The van der Waals surface area contributed by atoms with Crippen LogP contribution in [0.2, 0.25) is 0 Å². The summed E-state index contributed by atoms with van der Waals surface area (Å²) in [5.41, 5.74) is 2.01. The molecule has 1 saturated carbocycles. The zero-order chi connectivity index (χ0) is 12.4. The summed E-state index contributed by atoms with van der Waals surface area (Å²) in [7, 11) is 0. The lowest BCUT2D eigenvalue weighted by Crippen LogP contribution is -2.07. The molecule has 0 heterocycles. The Bertz CT molecular complexity index is 415. The van der Waals surface area contributed by atoms with Gasteiger partial charge >= 0.3 is 0 Å². The summed E-state index contributed by atoms with van der Waals surface area (Å²) < 4.78 is 0. The van der Waals surface area contributed by atoms with Gasteiger partial charge < -0.3 is 0 Å². The Hall–Kier alpha value is -1.30. The van der Waals surface area contributed by atoms with Crippen molar-refractivity contribution in [3.8, 4) is 0 Å². The van der Waals surface area contributed by atoms with E-state index in [1.54, 1.807) is 0 Å². The highest BCUT2D eigenvalue weighted by atomic mass is 14.6. The zero-order valence-corrected chi connectivity index (χ0v) is 10.9. The molecule has 0 aromatic heterocycles. The molecule has 2 rings (SSSR count). The molecule has 0 bridgehead atoms. The summed E-state index contributed by atoms with van der Waals surface area (Å²) >= 11 is 0. The molecule has 0 unspecified atom stereocenters. The van der Waals surface area contributed by atoms with E-state index < -0.39 is 0 Å². The summed E-state index contributed by atoms with van der Waals surface area (Å²) in [5, 5.41) is 0. The van der Waals surface area contributed by atoms with Crippen LogP contribution < -0.4 is 0 Å². The molecule has 0 nitrogen and oxygen atoms in total. The first-order valence-electron chi connectivity index (χ1n) is 6.60. The van der Waals surface area contributed by atoms with Crippen molar-refractivity contribution in [2.75, 3.05) is 0 Å². The van der Waals surface area contributed by atoms with E-state index in [9.17, 15) is 0 Å². The molecule has 0 saturated heterocycles. The maximum Gasteiger partial charge on any atom is -0.00179 e. The Morgan fingerprint density at radius 1 is 1.12 bits per heavy atom. The highest BCUT2D eigenvalue weighted by Crippen LogP contribution is 2.69. The Balaban J connectivity index is 2.18. The van der Waals surface area contributed by atoms with E-state index >= 15 is 0 Å². The first-order valence-corrected chi connectivity index (χ1v) is 6.60. The molecule has 0 spiro atoms. The van der Waals surface area contributed by atoms with E-state index in [0.29, 0.717) is 10.8 Å². The number of hydrogen-bond acceptors (Lipinski definition) is 0. The maximum absolute atomic E-state index is 4.03. The van der Waals surface area contributed by atoms with Gasteiger partial charge in [-0.05, 0) is 35.7 Å². The number of rotatable bonds is 5. The van der Waals surface area contributed by atoms with Crippen molar-refractivity contribution in [1.82, 2.24) is 0 Å². The predicted octanol–water partition coefficient (Wildman–Crippen LogP) is 5.08. The van der Waals surface area contributed by atoms with E-state index in [4.69, 9.17) is 0 Å². The molecule has 1 fully saturated rings. The fraction of sp³-hybridized carbons (Fsp3) is 0.412. The summed E-state index contributed by atoms with van der Waals surface area (Å²) in [5.74, 6) is 0. The fourth-order valence-corrected chi connectivity index (χ4v) is 3.06. The molecule has 1 aliphatic carbocycles. The van der Waals surface area contributed by atoms with E-state index in [-0.39, 0.29) is 0 Å². The van der Waals surface area contributed by atoms with E-state index in [1.165, 1.54) is 24.8 Å². The van der Waals surface area contributed by atoms with Crippen molar-refractivity contribution < 1.29 is 0 Å². The lowest BCUT2D eigenvalue weighted by atomic mass is 9.87. The first-order chi connectivity index (χ1) is 8.22. The largest absolute Gasteiger partial charge is 0.102 e. The second-order valence-electron chi connectivity index (χ2n) is 5.14. The van der Waals surface area contributed by atoms with Gasteiger partial charge in [0.15, 0.2) is 0 Å². The highest BCUT2D eigenvalue weighted by molar-refractivity contribution is 5.52. The van der Waals surface area contributed by atoms with Crippen LogP contribution in [0.4, 0.5) is 0 Å². The molecule has 1 aliphatic rings. The molecule has 17 heavy (non-hydrogen) atoms. The monoisotopic (exact) mass is 226 g/mol. The Kier molecular flexibility index (Phi) is 3.24. The van der Waals surface area contributed by atoms with Gasteiger partial charge in [0.25, 0.3) is 0 Å². The molecule has 0 amide bonds. The van der Waals surface area contributed by atoms with Gasteiger partial charge in [0.05, 0.1) is 0 Å². The van der Waals surface area contributed by atoms with E-state index in [1.807, 2.05) is 0 Å². The minimum atomic E-state index is 0.354. The van der Waals surface area contributed by atoms with E-state index in [2.05, 4.69) is 69.0 Å². The van der Waals surface area contributed by atoms with Crippen LogP contribution in [0.15, 0.2) is 49.1 Å². The third-order valence-electron chi connectivity index (χ3n) is 4.54. The fourth-order valence-electron chi connectivity index (χ4n) is 3.06. The van der Waals surface area contributed by atoms with Crippen molar-refractivity contribution in [1.29, 1.82) is 0 Å². The van der Waals surface area contributed by atoms with Gasteiger partial charge in [-0.15, -0.1) is 6.58 Å². The van der Waals surface area contributed by atoms with Gasteiger partial charge in [-0.3, -0.25) is 0 Å².